The van der Waals surface area contributed by atoms with Gasteiger partial charge in [-0.1, -0.05) is 0 Å². The van der Waals surface area contributed by atoms with Gasteiger partial charge in [-0.15, -0.1) is 11.3 Å². The fourth-order valence-corrected chi connectivity index (χ4v) is 1.92. The lowest BCUT2D eigenvalue weighted by atomic mass is 10.3. The number of carboxylic acids is 1. The number of carbonyl (C=O) groups is 1. The van der Waals surface area contributed by atoms with E-state index < -0.39 is 5.97 Å². The molecule has 0 aliphatic rings. The maximum Gasteiger partial charge on any atom is 0.309 e. The van der Waals surface area contributed by atoms with Crippen LogP contribution in [0.3, 0.4) is 0 Å². The average Bonchev–Trinajstić information content (AvgIpc) is 2.75. The Hall–Kier alpha value is -2.02. The smallest absolute Gasteiger partial charge is 0.309 e. The van der Waals surface area contributed by atoms with Gasteiger partial charge in [0.25, 0.3) is 0 Å². The summed E-state index contributed by atoms with van der Waals surface area (Å²) in [5.74, 6) is -0.877. The quantitative estimate of drug-likeness (QED) is 0.828. The fraction of sp³-hybridized carbons (Fsp3) is 0.200. The van der Waals surface area contributed by atoms with Crippen molar-refractivity contribution in [1.29, 1.82) is 0 Å². The van der Waals surface area contributed by atoms with Crippen molar-refractivity contribution in [1.82, 2.24) is 15.0 Å². The van der Waals surface area contributed by atoms with Crippen molar-refractivity contribution >= 4 is 22.4 Å². The lowest BCUT2D eigenvalue weighted by Crippen LogP contribution is -2.03. The highest BCUT2D eigenvalue weighted by atomic mass is 32.1. The summed E-state index contributed by atoms with van der Waals surface area (Å²) in [6, 6.07) is 1.80. The second kappa shape index (κ2) is 5.35. The summed E-state index contributed by atoms with van der Waals surface area (Å²) in [4.78, 5) is 22.5. The van der Waals surface area contributed by atoms with Crippen LogP contribution >= 0.6 is 11.3 Å². The zero-order valence-electron chi connectivity index (χ0n) is 8.83. The van der Waals surface area contributed by atoms with Gasteiger partial charge in [-0.2, -0.15) is 0 Å². The van der Waals surface area contributed by atoms with Crippen molar-refractivity contribution in [2.45, 2.75) is 13.0 Å². The summed E-state index contributed by atoms with van der Waals surface area (Å²) in [6.45, 7) is 0.544. The number of rotatable bonds is 5. The van der Waals surface area contributed by atoms with E-state index in [1.807, 2.05) is 0 Å². The molecule has 0 aliphatic carbocycles. The molecule has 0 aliphatic heterocycles. The Labute approximate surface area is 101 Å². The Kier molecular flexibility index (Phi) is 3.61. The SMILES string of the molecule is O=C(O)Cc1csc(NCc2ccncn2)n1. The molecule has 0 unspecified atom stereocenters. The van der Waals surface area contributed by atoms with Gasteiger partial charge >= 0.3 is 5.97 Å². The number of nitrogens with one attached hydrogen (secondary N) is 1. The molecular formula is C10H10N4O2S. The van der Waals surface area contributed by atoms with Gasteiger partial charge < -0.3 is 10.4 Å². The molecule has 2 heterocycles. The monoisotopic (exact) mass is 250 g/mol. The molecule has 0 aromatic carbocycles. The van der Waals surface area contributed by atoms with Crippen LogP contribution in [-0.2, 0) is 17.8 Å². The first-order chi connectivity index (χ1) is 8.24. The number of aliphatic carboxylic acids is 1. The number of hydrogen-bond donors (Lipinski definition) is 2. The molecule has 2 aromatic heterocycles. The van der Waals surface area contributed by atoms with Crippen LogP contribution < -0.4 is 5.32 Å². The van der Waals surface area contributed by atoms with Crippen LogP contribution in [0.4, 0.5) is 5.13 Å². The van der Waals surface area contributed by atoms with Crippen LogP contribution in [0, 0.1) is 0 Å². The topological polar surface area (TPSA) is 88.0 Å². The third kappa shape index (κ3) is 3.49. The van der Waals surface area contributed by atoms with Crippen LogP contribution in [-0.4, -0.2) is 26.0 Å². The number of carboxylic acid groups (broad SMARTS) is 1. The molecule has 0 bridgehead atoms. The molecule has 0 fully saturated rings. The first-order valence-corrected chi connectivity index (χ1v) is 5.77. The van der Waals surface area contributed by atoms with E-state index in [0.29, 0.717) is 17.4 Å². The first-order valence-electron chi connectivity index (χ1n) is 4.89. The molecule has 0 atom stereocenters. The molecule has 0 radical (unpaired) electrons. The van der Waals surface area contributed by atoms with Gasteiger partial charge in [-0.25, -0.2) is 15.0 Å². The molecule has 0 spiro atoms. The van der Waals surface area contributed by atoms with E-state index in [1.165, 1.54) is 17.7 Å². The number of anilines is 1. The zero-order valence-corrected chi connectivity index (χ0v) is 9.65. The predicted molar refractivity (Wildman–Crippen MR) is 62.8 cm³/mol. The normalized spacial score (nSPS) is 10.1. The minimum Gasteiger partial charge on any atom is -0.481 e. The Morgan fingerprint density at radius 2 is 2.35 bits per heavy atom. The lowest BCUT2D eigenvalue weighted by molar-refractivity contribution is -0.136. The third-order valence-corrected chi connectivity index (χ3v) is 2.80. The summed E-state index contributed by atoms with van der Waals surface area (Å²) in [5, 5.41) is 14.1. The van der Waals surface area contributed by atoms with E-state index in [4.69, 9.17) is 5.11 Å². The highest BCUT2D eigenvalue weighted by Crippen LogP contribution is 2.16. The molecule has 0 amide bonds. The van der Waals surface area contributed by atoms with Crippen molar-refractivity contribution in [2.75, 3.05) is 5.32 Å². The molecule has 2 rings (SSSR count). The second-order valence-electron chi connectivity index (χ2n) is 3.27. The minimum absolute atomic E-state index is 0.0499. The lowest BCUT2D eigenvalue weighted by Gasteiger charge is -2.00. The molecular weight excluding hydrogens is 240 g/mol. The zero-order chi connectivity index (χ0) is 12.1. The Morgan fingerprint density at radius 1 is 1.47 bits per heavy atom. The van der Waals surface area contributed by atoms with Crippen molar-refractivity contribution in [3.8, 4) is 0 Å². The highest BCUT2D eigenvalue weighted by Gasteiger charge is 2.05. The maximum absolute atomic E-state index is 10.5. The molecule has 2 N–H and O–H groups in total. The van der Waals surface area contributed by atoms with Crippen LogP contribution in [0.15, 0.2) is 24.0 Å². The van der Waals surface area contributed by atoms with Crippen LogP contribution in [0.1, 0.15) is 11.4 Å². The first kappa shape index (κ1) is 11.5. The van der Waals surface area contributed by atoms with E-state index in [9.17, 15) is 4.79 Å². The Bertz CT molecular complexity index is 500. The fourth-order valence-electron chi connectivity index (χ4n) is 1.21. The van der Waals surface area contributed by atoms with Gasteiger partial charge in [0, 0.05) is 11.6 Å². The van der Waals surface area contributed by atoms with Gasteiger partial charge in [-0.05, 0) is 6.07 Å². The van der Waals surface area contributed by atoms with E-state index in [2.05, 4.69) is 20.3 Å². The molecule has 17 heavy (non-hydrogen) atoms. The predicted octanol–water partition coefficient (Wildman–Crippen LogP) is 1.17. The van der Waals surface area contributed by atoms with Crippen LogP contribution in [0.25, 0.3) is 0 Å². The molecule has 0 saturated heterocycles. The molecule has 0 saturated carbocycles. The summed E-state index contributed by atoms with van der Waals surface area (Å²) in [6.07, 6.45) is 3.10. The van der Waals surface area contributed by atoms with E-state index in [0.717, 1.165) is 5.69 Å². The van der Waals surface area contributed by atoms with Gasteiger partial charge in [0.05, 0.1) is 24.4 Å². The Balaban J connectivity index is 1.91. The van der Waals surface area contributed by atoms with Crippen molar-refractivity contribution < 1.29 is 9.90 Å². The summed E-state index contributed by atoms with van der Waals surface area (Å²) in [7, 11) is 0. The van der Waals surface area contributed by atoms with E-state index in [1.54, 1.807) is 17.6 Å². The molecule has 88 valence electrons. The van der Waals surface area contributed by atoms with Crippen molar-refractivity contribution in [2.24, 2.45) is 0 Å². The van der Waals surface area contributed by atoms with Crippen molar-refractivity contribution in [3.05, 3.63) is 35.4 Å². The third-order valence-electron chi connectivity index (χ3n) is 1.95. The van der Waals surface area contributed by atoms with Gasteiger partial charge in [-0.3, -0.25) is 4.79 Å². The second-order valence-corrected chi connectivity index (χ2v) is 4.13. The number of nitrogens with zero attached hydrogens (tertiary/aromatic N) is 3. The van der Waals surface area contributed by atoms with Gasteiger partial charge in [0.2, 0.25) is 0 Å². The van der Waals surface area contributed by atoms with Crippen molar-refractivity contribution in [3.63, 3.8) is 0 Å². The largest absolute Gasteiger partial charge is 0.481 e. The molecule has 6 nitrogen and oxygen atoms in total. The summed E-state index contributed by atoms with van der Waals surface area (Å²) in [5.41, 5.74) is 1.42. The number of hydrogen-bond acceptors (Lipinski definition) is 6. The van der Waals surface area contributed by atoms with E-state index in [-0.39, 0.29) is 6.42 Å². The van der Waals surface area contributed by atoms with Crippen LogP contribution in [0.2, 0.25) is 0 Å². The molecule has 2 aromatic rings. The Morgan fingerprint density at radius 3 is 3.06 bits per heavy atom. The van der Waals surface area contributed by atoms with E-state index >= 15 is 0 Å². The summed E-state index contributed by atoms with van der Waals surface area (Å²) < 4.78 is 0. The summed E-state index contributed by atoms with van der Waals surface area (Å²) >= 11 is 1.38. The van der Waals surface area contributed by atoms with Gasteiger partial charge in [0.15, 0.2) is 5.13 Å². The van der Waals surface area contributed by atoms with Crippen LogP contribution in [0.5, 0.6) is 0 Å². The highest BCUT2D eigenvalue weighted by molar-refractivity contribution is 7.13. The average molecular weight is 250 g/mol. The standard InChI is InChI=1S/C10H10N4O2S/c15-9(16)3-8-5-17-10(14-8)12-4-7-1-2-11-6-13-7/h1-2,5-6H,3-4H2,(H,12,14)(H,15,16). The number of aromatic nitrogens is 3. The maximum atomic E-state index is 10.5. The minimum atomic E-state index is -0.877. The molecule has 7 heteroatoms. The number of thiazole rings is 1. The van der Waals surface area contributed by atoms with Gasteiger partial charge in [0.1, 0.15) is 6.33 Å².